The van der Waals surface area contributed by atoms with Crippen molar-refractivity contribution in [2.24, 2.45) is 0 Å². The highest BCUT2D eigenvalue weighted by atomic mass is 79.9. The van der Waals surface area contributed by atoms with Gasteiger partial charge < -0.3 is 10.3 Å². The molecule has 3 rings (SSSR count). The number of aryl methyl sites for hydroxylation is 2. The number of halogens is 1. The number of anilines is 1. The number of hydrogen-bond acceptors (Lipinski definition) is 4. The van der Waals surface area contributed by atoms with Crippen LogP contribution in [0, 0.1) is 0 Å². The minimum Gasteiger partial charge on any atom is -0.367 e. The molecule has 108 valence electrons. The molecule has 3 nitrogen and oxygen atoms in total. The number of hydrogen-bond donors (Lipinski definition) is 1. The summed E-state index contributed by atoms with van der Waals surface area (Å²) in [6.07, 6.45) is 2.94. The molecule has 1 aromatic carbocycles. The highest BCUT2D eigenvalue weighted by Gasteiger charge is 2.17. The number of nitrogens with two attached hydrogens (primary N) is 1. The fourth-order valence-corrected chi connectivity index (χ4v) is 3.58. The summed E-state index contributed by atoms with van der Waals surface area (Å²) in [6, 6.07) is 12.2. The second-order valence-electron chi connectivity index (χ2n) is 4.78. The summed E-state index contributed by atoms with van der Waals surface area (Å²) in [5.41, 5.74) is 8.83. The summed E-state index contributed by atoms with van der Waals surface area (Å²) < 4.78 is 6.20. The summed E-state index contributed by atoms with van der Waals surface area (Å²) in [6.45, 7) is 0. The van der Waals surface area contributed by atoms with E-state index in [2.05, 4.69) is 38.6 Å². The molecule has 0 unspecified atom stereocenters. The van der Waals surface area contributed by atoms with Gasteiger partial charge in [-0.25, -0.2) is 0 Å². The van der Waals surface area contributed by atoms with E-state index in [9.17, 15) is 0 Å². The molecule has 0 radical (unpaired) electrons. The number of benzene rings is 1. The van der Waals surface area contributed by atoms with Gasteiger partial charge in [-0.1, -0.05) is 45.4 Å². The Morgan fingerprint density at radius 2 is 2.00 bits per heavy atom. The van der Waals surface area contributed by atoms with Crippen LogP contribution in [0.25, 0.3) is 11.1 Å². The van der Waals surface area contributed by atoms with E-state index in [0.717, 1.165) is 40.6 Å². The molecule has 0 atom stereocenters. The van der Waals surface area contributed by atoms with E-state index in [0.29, 0.717) is 5.88 Å². The average Bonchev–Trinajstić information content (AvgIpc) is 3.11. The number of nitrogen functional groups attached to an aromatic ring is 1. The zero-order valence-corrected chi connectivity index (χ0v) is 13.8. The lowest BCUT2D eigenvalue weighted by molar-refractivity contribution is 0.426. The third kappa shape index (κ3) is 3.19. The minimum absolute atomic E-state index is 0.382. The van der Waals surface area contributed by atoms with E-state index in [1.165, 1.54) is 4.88 Å². The SMILES string of the molecule is Nc1onc(CCCc2cccs2)c1-c1ccccc1Br. The van der Waals surface area contributed by atoms with Crippen molar-refractivity contribution in [3.05, 3.63) is 56.8 Å². The van der Waals surface area contributed by atoms with Gasteiger partial charge in [-0.2, -0.15) is 0 Å². The van der Waals surface area contributed by atoms with Gasteiger partial charge in [0, 0.05) is 14.9 Å². The fourth-order valence-electron chi connectivity index (χ4n) is 2.35. The van der Waals surface area contributed by atoms with Crippen molar-refractivity contribution in [1.29, 1.82) is 0 Å². The smallest absolute Gasteiger partial charge is 0.230 e. The van der Waals surface area contributed by atoms with Gasteiger partial charge in [0.15, 0.2) is 0 Å². The molecule has 0 aliphatic rings. The maximum absolute atomic E-state index is 5.96. The van der Waals surface area contributed by atoms with E-state index in [4.69, 9.17) is 10.3 Å². The molecule has 0 spiro atoms. The van der Waals surface area contributed by atoms with Crippen LogP contribution in [0.4, 0.5) is 5.88 Å². The summed E-state index contributed by atoms with van der Waals surface area (Å²) in [4.78, 5) is 1.40. The van der Waals surface area contributed by atoms with Crippen LogP contribution < -0.4 is 5.73 Å². The van der Waals surface area contributed by atoms with Crippen molar-refractivity contribution in [2.45, 2.75) is 19.3 Å². The molecule has 0 fully saturated rings. The largest absolute Gasteiger partial charge is 0.367 e. The molecular weight excluding hydrogens is 348 g/mol. The predicted molar refractivity (Wildman–Crippen MR) is 90.4 cm³/mol. The normalized spacial score (nSPS) is 10.9. The van der Waals surface area contributed by atoms with Crippen LogP contribution in [-0.4, -0.2) is 5.16 Å². The van der Waals surface area contributed by atoms with E-state index in [1.807, 2.05) is 24.3 Å². The van der Waals surface area contributed by atoms with Crippen LogP contribution in [0.5, 0.6) is 0 Å². The molecule has 2 heterocycles. The molecular formula is C16H15BrN2OS. The number of thiophene rings is 1. The number of rotatable bonds is 5. The van der Waals surface area contributed by atoms with Crippen LogP contribution in [0.1, 0.15) is 17.0 Å². The maximum atomic E-state index is 5.96. The van der Waals surface area contributed by atoms with Crippen LogP contribution in [-0.2, 0) is 12.8 Å². The zero-order chi connectivity index (χ0) is 14.7. The Morgan fingerprint density at radius 3 is 2.76 bits per heavy atom. The maximum Gasteiger partial charge on any atom is 0.230 e. The average molecular weight is 363 g/mol. The van der Waals surface area contributed by atoms with E-state index >= 15 is 0 Å². The van der Waals surface area contributed by atoms with Crippen LogP contribution in [0.3, 0.4) is 0 Å². The van der Waals surface area contributed by atoms with E-state index in [1.54, 1.807) is 11.3 Å². The lowest BCUT2D eigenvalue weighted by Gasteiger charge is -2.05. The van der Waals surface area contributed by atoms with Crippen molar-refractivity contribution in [2.75, 3.05) is 5.73 Å². The Bertz CT molecular complexity index is 722. The van der Waals surface area contributed by atoms with Crippen molar-refractivity contribution >= 4 is 33.2 Å². The molecule has 0 saturated heterocycles. The van der Waals surface area contributed by atoms with Gasteiger partial charge in [0.25, 0.3) is 0 Å². The van der Waals surface area contributed by atoms with Crippen molar-refractivity contribution in [3.8, 4) is 11.1 Å². The van der Waals surface area contributed by atoms with Crippen molar-refractivity contribution in [1.82, 2.24) is 5.16 Å². The summed E-state index contributed by atoms with van der Waals surface area (Å²) in [5.74, 6) is 0.382. The molecule has 0 saturated carbocycles. The second kappa shape index (κ2) is 6.45. The van der Waals surface area contributed by atoms with Crippen LogP contribution >= 0.6 is 27.3 Å². The van der Waals surface area contributed by atoms with Crippen LogP contribution in [0.2, 0.25) is 0 Å². The Balaban J connectivity index is 1.79. The lowest BCUT2D eigenvalue weighted by atomic mass is 10.0. The molecule has 0 aliphatic heterocycles. The summed E-state index contributed by atoms with van der Waals surface area (Å²) >= 11 is 5.35. The third-order valence-corrected chi connectivity index (χ3v) is 4.98. The Labute approximate surface area is 135 Å². The zero-order valence-electron chi connectivity index (χ0n) is 11.4. The van der Waals surface area contributed by atoms with Gasteiger partial charge in [-0.3, -0.25) is 0 Å². The first-order valence-electron chi connectivity index (χ1n) is 6.77. The first-order chi connectivity index (χ1) is 10.3. The highest BCUT2D eigenvalue weighted by molar-refractivity contribution is 9.10. The predicted octanol–water partition coefficient (Wildman–Crippen LogP) is 4.92. The van der Waals surface area contributed by atoms with E-state index in [-0.39, 0.29) is 0 Å². The Hall–Kier alpha value is -1.59. The molecule has 0 bridgehead atoms. The van der Waals surface area contributed by atoms with Gasteiger partial charge in [0.05, 0.1) is 11.3 Å². The summed E-state index contributed by atoms with van der Waals surface area (Å²) in [7, 11) is 0. The number of aromatic nitrogens is 1. The topological polar surface area (TPSA) is 52.0 Å². The molecule has 0 amide bonds. The molecule has 5 heteroatoms. The highest BCUT2D eigenvalue weighted by Crippen LogP contribution is 2.35. The first-order valence-corrected chi connectivity index (χ1v) is 8.44. The molecule has 3 aromatic rings. The monoisotopic (exact) mass is 362 g/mol. The third-order valence-electron chi connectivity index (χ3n) is 3.35. The quantitative estimate of drug-likeness (QED) is 0.700. The lowest BCUT2D eigenvalue weighted by Crippen LogP contribution is -1.93. The van der Waals surface area contributed by atoms with Crippen molar-refractivity contribution in [3.63, 3.8) is 0 Å². The minimum atomic E-state index is 0.382. The van der Waals surface area contributed by atoms with Gasteiger partial charge in [-0.05, 0) is 36.8 Å². The summed E-state index contributed by atoms with van der Waals surface area (Å²) in [5, 5.41) is 6.24. The molecule has 21 heavy (non-hydrogen) atoms. The Kier molecular flexibility index (Phi) is 4.41. The van der Waals surface area contributed by atoms with E-state index < -0.39 is 0 Å². The molecule has 2 aromatic heterocycles. The number of nitrogens with zero attached hydrogens (tertiary/aromatic N) is 1. The van der Waals surface area contributed by atoms with Gasteiger partial charge in [0.1, 0.15) is 0 Å². The molecule has 0 aliphatic carbocycles. The Morgan fingerprint density at radius 1 is 1.14 bits per heavy atom. The first kappa shape index (κ1) is 14.4. The standard InChI is InChI=1S/C16H15BrN2OS/c17-13-8-2-1-7-12(13)15-14(19-20-16(15)18)9-3-5-11-6-4-10-21-11/h1-2,4,6-8,10H,3,5,9,18H2. The molecule has 2 N–H and O–H groups in total. The second-order valence-corrected chi connectivity index (χ2v) is 6.67. The van der Waals surface area contributed by atoms with Gasteiger partial charge >= 0.3 is 0 Å². The van der Waals surface area contributed by atoms with Gasteiger partial charge in [0.2, 0.25) is 5.88 Å². The van der Waals surface area contributed by atoms with Crippen molar-refractivity contribution < 1.29 is 4.52 Å². The van der Waals surface area contributed by atoms with Crippen LogP contribution in [0.15, 0.2) is 50.8 Å². The van der Waals surface area contributed by atoms with Gasteiger partial charge in [-0.15, -0.1) is 11.3 Å². The fraction of sp³-hybridized carbons (Fsp3) is 0.188.